The summed E-state index contributed by atoms with van der Waals surface area (Å²) in [5.41, 5.74) is 0. The average molecular weight is 260 g/mol. The molecule has 0 heterocycles. The van der Waals surface area contributed by atoms with Crippen LogP contribution in [0.1, 0.15) is 40.0 Å². The molecule has 0 fully saturated rings. The maximum absolute atomic E-state index is 12.0. The zero-order valence-corrected chi connectivity index (χ0v) is 11.3. The van der Waals surface area contributed by atoms with Crippen molar-refractivity contribution in [3.63, 3.8) is 0 Å². The molecule has 0 aromatic carbocycles. The molecular weight excluding hydrogens is 236 g/mol. The van der Waals surface area contributed by atoms with E-state index in [1.54, 1.807) is 4.90 Å². The molecule has 0 aliphatic carbocycles. The topological polar surface area (TPSA) is 89.9 Å². The van der Waals surface area contributed by atoms with Gasteiger partial charge in [0.25, 0.3) is 0 Å². The van der Waals surface area contributed by atoms with Crippen LogP contribution in [0.3, 0.4) is 0 Å². The minimum atomic E-state index is -1.24. The molecule has 0 rings (SSSR count). The number of carboxylic acid groups (broad SMARTS) is 1. The van der Waals surface area contributed by atoms with Crippen LogP contribution in [0.25, 0.3) is 0 Å². The Hall–Kier alpha value is -1.30. The number of amides is 2. The Bertz CT molecular complexity index is 271. The highest BCUT2D eigenvalue weighted by atomic mass is 16.4. The number of hydrogen-bond acceptors (Lipinski definition) is 3. The van der Waals surface area contributed by atoms with Gasteiger partial charge >= 0.3 is 12.0 Å². The first-order valence-corrected chi connectivity index (χ1v) is 6.38. The van der Waals surface area contributed by atoms with Crippen molar-refractivity contribution in [3.8, 4) is 0 Å². The molecule has 0 aromatic heterocycles. The zero-order chi connectivity index (χ0) is 14.1. The molecule has 2 amide bonds. The third-order valence-electron chi connectivity index (χ3n) is 2.91. The van der Waals surface area contributed by atoms with E-state index in [4.69, 9.17) is 10.2 Å². The van der Waals surface area contributed by atoms with Crippen molar-refractivity contribution >= 4 is 12.0 Å². The van der Waals surface area contributed by atoms with Gasteiger partial charge in [0.2, 0.25) is 0 Å². The van der Waals surface area contributed by atoms with Crippen LogP contribution in [0.4, 0.5) is 4.79 Å². The third-order valence-corrected chi connectivity index (χ3v) is 2.91. The van der Waals surface area contributed by atoms with Crippen LogP contribution in [-0.2, 0) is 4.79 Å². The quantitative estimate of drug-likeness (QED) is 0.608. The van der Waals surface area contributed by atoms with Crippen LogP contribution >= 0.6 is 0 Å². The lowest BCUT2D eigenvalue weighted by Gasteiger charge is -2.29. The molecule has 0 saturated carbocycles. The summed E-state index contributed by atoms with van der Waals surface area (Å²) >= 11 is 0. The maximum atomic E-state index is 12.0. The lowest BCUT2D eigenvalue weighted by Crippen LogP contribution is -2.52. The number of carboxylic acids is 1. The SMILES string of the molecule is CCCCN(C(=O)N[C@H](CO)C(=O)O)C(C)CC. The van der Waals surface area contributed by atoms with Crippen LogP contribution in [0.15, 0.2) is 0 Å². The molecule has 0 saturated heterocycles. The molecule has 6 heteroatoms. The van der Waals surface area contributed by atoms with Gasteiger partial charge in [0.05, 0.1) is 6.61 Å². The van der Waals surface area contributed by atoms with Crippen LogP contribution < -0.4 is 5.32 Å². The third kappa shape index (κ3) is 5.35. The van der Waals surface area contributed by atoms with E-state index in [0.29, 0.717) is 6.54 Å². The number of hydrogen-bond donors (Lipinski definition) is 3. The van der Waals surface area contributed by atoms with Gasteiger partial charge in [-0.05, 0) is 19.8 Å². The second kappa shape index (κ2) is 8.74. The highest BCUT2D eigenvalue weighted by Crippen LogP contribution is 2.06. The van der Waals surface area contributed by atoms with Crippen molar-refractivity contribution in [2.24, 2.45) is 0 Å². The number of aliphatic hydroxyl groups is 1. The Labute approximate surface area is 108 Å². The van der Waals surface area contributed by atoms with Crippen LogP contribution in [0, 0.1) is 0 Å². The van der Waals surface area contributed by atoms with E-state index in [0.717, 1.165) is 19.3 Å². The second-order valence-corrected chi connectivity index (χ2v) is 4.33. The summed E-state index contributed by atoms with van der Waals surface area (Å²) in [5, 5.41) is 20.0. The number of rotatable bonds is 8. The van der Waals surface area contributed by atoms with E-state index < -0.39 is 24.6 Å². The largest absolute Gasteiger partial charge is 0.480 e. The molecular formula is C12H24N2O4. The van der Waals surface area contributed by atoms with Gasteiger partial charge in [-0.15, -0.1) is 0 Å². The lowest BCUT2D eigenvalue weighted by atomic mass is 10.2. The molecule has 0 spiro atoms. The number of nitrogens with one attached hydrogen (secondary N) is 1. The van der Waals surface area contributed by atoms with Crippen molar-refractivity contribution in [2.75, 3.05) is 13.2 Å². The van der Waals surface area contributed by atoms with Crippen molar-refractivity contribution in [1.82, 2.24) is 10.2 Å². The van der Waals surface area contributed by atoms with Gasteiger partial charge in [-0.2, -0.15) is 0 Å². The summed E-state index contributed by atoms with van der Waals surface area (Å²) in [4.78, 5) is 24.3. The molecule has 106 valence electrons. The average Bonchev–Trinajstić information content (AvgIpc) is 2.35. The predicted octanol–water partition coefficient (Wildman–Crippen LogP) is 1.04. The first-order chi connectivity index (χ1) is 8.47. The van der Waals surface area contributed by atoms with Crippen LogP contribution in [-0.4, -0.2) is 52.3 Å². The summed E-state index contributed by atoms with van der Waals surface area (Å²) in [6.45, 7) is 5.90. The molecule has 2 atom stereocenters. The molecule has 3 N–H and O–H groups in total. The summed E-state index contributed by atoms with van der Waals surface area (Å²) in [6, 6.07) is -1.63. The normalized spacial score (nSPS) is 13.8. The Balaban J connectivity index is 4.58. The van der Waals surface area contributed by atoms with E-state index in [-0.39, 0.29) is 6.04 Å². The number of urea groups is 1. The summed E-state index contributed by atoms with van der Waals surface area (Å²) in [5.74, 6) is -1.23. The molecule has 0 aliphatic heterocycles. The number of aliphatic carboxylic acids is 1. The summed E-state index contributed by atoms with van der Waals surface area (Å²) < 4.78 is 0. The summed E-state index contributed by atoms with van der Waals surface area (Å²) in [7, 11) is 0. The first kappa shape index (κ1) is 16.7. The Morgan fingerprint density at radius 2 is 1.94 bits per heavy atom. The monoisotopic (exact) mass is 260 g/mol. The second-order valence-electron chi connectivity index (χ2n) is 4.33. The van der Waals surface area contributed by atoms with Gasteiger partial charge in [-0.25, -0.2) is 9.59 Å². The highest BCUT2D eigenvalue weighted by Gasteiger charge is 2.24. The standard InChI is InChI=1S/C12H24N2O4/c1-4-6-7-14(9(3)5-2)12(18)13-10(8-15)11(16)17/h9-10,15H,4-8H2,1-3H3,(H,13,18)(H,16,17)/t9?,10-/m1/s1. The number of carbonyl (C=O) groups excluding carboxylic acids is 1. The first-order valence-electron chi connectivity index (χ1n) is 6.38. The van der Waals surface area contributed by atoms with E-state index in [1.807, 2.05) is 20.8 Å². The molecule has 0 radical (unpaired) electrons. The minimum Gasteiger partial charge on any atom is -0.480 e. The summed E-state index contributed by atoms with van der Waals surface area (Å²) in [6.07, 6.45) is 2.63. The molecule has 18 heavy (non-hydrogen) atoms. The number of nitrogens with zero attached hydrogens (tertiary/aromatic N) is 1. The maximum Gasteiger partial charge on any atom is 0.328 e. The van der Waals surface area contributed by atoms with Crippen molar-refractivity contribution < 1.29 is 19.8 Å². The zero-order valence-electron chi connectivity index (χ0n) is 11.3. The fraction of sp³-hybridized carbons (Fsp3) is 0.833. The van der Waals surface area contributed by atoms with Gasteiger partial charge in [0.15, 0.2) is 6.04 Å². The van der Waals surface area contributed by atoms with Crippen LogP contribution in [0.5, 0.6) is 0 Å². The van der Waals surface area contributed by atoms with Crippen LogP contribution in [0.2, 0.25) is 0 Å². The Kier molecular flexibility index (Phi) is 8.11. The van der Waals surface area contributed by atoms with Crippen molar-refractivity contribution in [3.05, 3.63) is 0 Å². The fourth-order valence-electron chi connectivity index (χ4n) is 1.49. The molecule has 0 bridgehead atoms. The van der Waals surface area contributed by atoms with E-state index in [2.05, 4.69) is 5.32 Å². The Morgan fingerprint density at radius 3 is 2.33 bits per heavy atom. The van der Waals surface area contributed by atoms with E-state index >= 15 is 0 Å². The van der Waals surface area contributed by atoms with Gasteiger partial charge < -0.3 is 20.4 Å². The molecule has 6 nitrogen and oxygen atoms in total. The fourth-order valence-corrected chi connectivity index (χ4v) is 1.49. The van der Waals surface area contributed by atoms with Gasteiger partial charge in [-0.3, -0.25) is 0 Å². The van der Waals surface area contributed by atoms with Gasteiger partial charge in [0, 0.05) is 12.6 Å². The highest BCUT2D eigenvalue weighted by molar-refractivity contribution is 5.82. The number of unbranched alkanes of at least 4 members (excludes halogenated alkanes) is 1. The van der Waals surface area contributed by atoms with Crippen molar-refractivity contribution in [1.29, 1.82) is 0 Å². The van der Waals surface area contributed by atoms with Gasteiger partial charge in [-0.1, -0.05) is 20.3 Å². The number of carbonyl (C=O) groups is 2. The lowest BCUT2D eigenvalue weighted by molar-refractivity contribution is -0.140. The molecule has 0 aliphatic rings. The van der Waals surface area contributed by atoms with Crippen molar-refractivity contribution in [2.45, 2.75) is 52.1 Å². The smallest absolute Gasteiger partial charge is 0.328 e. The van der Waals surface area contributed by atoms with E-state index in [1.165, 1.54) is 0 Å². The van der Waals surface area contributed by atoms with E-state index in [9.17, 15) is 9.59 Å². The van der Waals surface area contributed by atoms with Gasteiger partial charge in [0.1, 0.15) is 0 Å². The predicted molar refractivity (Wildman–Crippen MR) is 68.4 cm³/mol. The molecule has 1 unspecified atom stereocenters. The number of aliphatic hydroxyl groups excluding tert-OH is 1. The molecule has 0 aromatic rings. The Morgan fingerprint density at radius 1 is 1.33 bits per heavy atom. The minimum absolute atomic E-state index is 0.0460.